The van der Waals surface area contributed by atoms with E-state index in [9.17, 15) is 13.2 Å². The Hall–Kier alpha value is -2.45. The zero-order chi connectivity index (χ0) is 21.8. The summed E-state index contributed by atoms with van der Waals surface area (Å²) >= 11 is 7.56. The van der Waals surface area contributed by atoms with Crippen LogP contribution in [0.15, 0.2) is 77.0 Å². The summed E-state index contributed by atoms with van der Waals surface area (Å²) in [6.45, 7) is 0. The molecule has 2 aromatic carbocycles. The Labute approximate surface area is 190 Å². The predicted molar refractivity (Wildman–Crippen MR) is 125 cm³/mol. The maximum Gasteiger partial charge on any atom is 0.244 e. The molecule has 8 heteroatoms. The third-order valence-electron chi connectivity index (χ3n) is 4.83. The molecule has 0 bridgehead atoms. The van der Waals surface area contributed by atoms with E-state index in [0.29, 0.717) is 5.02 Å². The molecule has 0 aliphatic heterocycles. The Morgan fingerprint density at radius 2 is 1.77 bits per heavy atom. The first kappa shape index (κ1) is 21.8. The summed E-state index contributed by atoms with van der Waals surface area (Å²) < 4.78 is 27.2. The number of thiophene rings is 1. The lowest BCUT2D eigenvalue weighted by Gasteiger charge is -2.17. The fourth-order valence-corrected chi connectivity index (χ4v) is 5.27. The van der Waals surface area contributed by atoms with Crippen LogP contribution in [0.3, 0.4) is 0 Å². The van der Waals surface area contributed by atoms with Crippen LogP contribution in [0.5, 0.6) is 0 Å². The number of benzene rings is 2. The zero-order valence-electron chi connectivity index (χ0n) is 16.5. The molecule has 0 saturated heterocycles. The quantitative estimate of drug-likeness (QED) is 0.464. The highest BCUT2D eigenvalue weighted by Gasteiger charge is 2.27. The molecular weight excluding hydrogens is 452 g/mol. The lowest BCUT2D eigenvalue weighted by Crippen LogP contribution is -2.27. The van der Waals surface area contributed by atoms with Crippen LogP contribution in [0.4, 0.5) is 0 Å². The van der Waals surface area contributed by atoms with E-state index in [0.717, 1.165) is 28.8 Å². The van der Waals surface area contributed by atoms with Crippen LogP contribution in [-0.4, -0.2) is 20.4 Å². The molecule has 1 heterocycles. The average molecular weight is 473 g/mol. The van der Waals surface area contributed by atoms with Crippen molar-refractivity contribution in [1.29, 1.82) is 0 Å². The number of carbonyl (C=O) groups is 1. The summed E-state index contributed by atoms with van der Waals surface area (Å²) in [7, 11) is -3.48. The molecule has 2 N–H and O–H groups in total. The van der Waals surface area contributed by atoms with Gasteiger partial charge in [-0.05, 0) is 65.8 Å². The molecular formula is C23H21ClN2O3S2. The van der Waals surface area contributed by atoms with Crippen molar-refractivity contribution in [2.75, 3.05) is 0 Å². The molecule has 1 aromatic heterocycles. The molecule has 1 aliphatic carbocycles. The van der Waals surface area contributed by atoms with Crippen LogP contribution in [-0.2, 0) is 14.8 Å². The van der Waals surface area contributed by atoms with Crippen molar-refractivity contribution in [1.82, 2.24) is 10.0 Å². The van der Waals surface area contributed by atoms with Gasteiger partial charge in [0.05, 0.1) is 10.9 Å². The van der Waals surface area contributed by atoms with Gasteiger partial charge in [0.2, 0.25) is 15.9 Å². The monoisotopic (exact) mass is 472 g/mol. The highest BCUT2D eigenvalue weighted by atomic mass is 35.5. The van der Waals surface area contributed by atoms with Crippen molar-refractivity contribution in [2.24, 2.45) is 0 Å². The van der Waals surface area contributed by atoms with Gasteiger partial charge in [-0.1, -0.05) is 41.9 Å². The summed E-state index contributed by atoms with van der Waals surface area (Å²) in [5, 5.41) is 5.63. The number of hydrogen-bond donors (Lipinski definition) is 2. The molecule has 0 radical (unpaired) electrons. The summed E-state index contributed by atoms with van der Waals surface area (Å²) in [6, 6.07) is 17.5. The van der Waals surface area contributed by atoms with Crippen LogP contribution in [0, 0.1) is 0 Å². The van der Waals surface area contributed by atoms with E-state index in [1.165, 1.54) is 6.08 Å². The second kappa shape index (κ2) is 9.36. The molecule has 3 aromatic rings. The maximum absolute atomic E-state index is 12.6. The molecule has 5 nitrogen and oxygen atoms in total. The lowest BCUT2D eigenvalue weighted by molar-refractivity contribution is -0.116. The van der Waals surface area contributed by atoms with Gasteiger partial charge in [0, 0.05) is 22.0 Å². The van der Waals surface area contributed by atoms with E-state index in [1.54, 1.807) is 53.8 Å². The average Bonchev–Trinajstić information content (AvgIpc) is 3.39. The van der Waals surface area contributed by atoms with Gasteiger partial charge in [-0.2, -0.15) is 0 Å². The minimum atomic E-state index is -3.48. The first-order valence-electron chi connectivity index (χ1n) is 9.80. The number of sulfonamides is 1. The van der Waals surface area contributed by atoms with Crippen molar-refractivity contribution < 1.29 is 13.2 Å². The van der Waals surface area contributed by atoms with Gasteiger partial charge < -0.3 is 5.32 Å². The van der Waals surface area contributed by atoms with Crippen LogP contribution in [0.1, 0.15) is 34.9 Å². The van der Waals surface area contributed by atoms with Gasteiger partial charge in [-0.15, -0.1) is 11.3 Å². The van der Waals surface area contributed by atoms with Crippen molar-refractivity contribution in [2.45, 2.75) is 29.8 Å². The van der Waals surface area contributed by atoms with Gasteiger partial charge in [0.25, 0.3) is 0 Å². The van der Waals surface area contributed by atoms with Crippen molar-refractivity contribution in [3.63, 3.8) is 0 Å². The molecule has 0 spiro atoms. The van der Waals surface area contributed by atoms with Crippen molar-refractivity contribution in [3.05, 3.63) is 93.1 Å². The minimum absolute atomic E-state index is 0.0604. The molecule has 1 fully saturated rings. The van der Waals surface area contributed by atoms with E-state index >= 15 is 0 Å². The molecule has 4 rings (SSSR count). The molecule has 160 valence electrons. The SMILES string of the molecule is O=C(C=Cc1ccc(S(=O)(=O)NC2CC2)cc1)NC(c1ccc(Cl)cc1)c1cccs1. The molecule has 1 atom stereocenters. The van der Waals surface area contributed by atoms with Gasteiger partial charge in [0.1, 0.15) is 0 Å². The second-order valence-corrected chi connectivity index (χ2v) is 10.4. The Balaban J connectivity index is 1.44. The normalized spacial score (nSPS) is 15.1. The van der Waals surface area contributed by atoms with E-state index < -0.39 is 10.0 Å². The van der Waals surface area contributed by atoms with E-state index in [-0.39, 0.29) is 22.9 Å². The van der Waals surface area contributed by atoms with Gasteiger partial charge >= 0.3 is 0 Å². The molecule has 1 saturated carbocycles. The highest BCUT2D eigenvalue weighted by Crippen LogP contribution is 2.27. The third kappa shape index (κ3) is 5.83. The van der Waals surface area contributed by atoms with Gasteiger partial charge in [-0.25, -0.2) is 13.1 Å². The van der Waals surface area contributed by atoms with E-state index in [2.05, 4.69) is 10.0 Å². The number of amides is 1. The molecule has 1 aliphatic rings. The van der Waals surface area contributed by atoms with Crippen molar-refractivity contribution >= 4 is 44.9 Å². The fourth-order valence-electron chi connectivity index (χ4n) is 3.04. The van der Waals surface area contributed by atoms with Crippen LogP contribution in [0.25, 0.3) is 6.08 Å². The lowest BCUT2D eigenvalue weighted by atomic mass is 10.1. The van der Waals surface area contributed by atoms with Crippen molar-refractivity contribution in [3.8, 4) is 0 Å². The first-order chi connectivity index (χ1) is 14.9. The number of halogens is 1. The second-order valence-electron chi connectivity index (χ2n) is 7.31. The topological polar surface area (TPSA) is 75.3 Å². The summed E-state index contributed by atoms with van der Waals surface area (Å²) in [5.41, 5.74) is 1.67. The maximum atomic E-state index is 12.6. The standard InChI is InChI=1S/C23H21ClN2O3S2/c24-18-8-6-17(7-9-18)23(21-2-1-15-30-21)25-22(27)14-5-16-3-12-20(13-4-16)31(28,29)26-19-10-11-19/h1-9,12-15,19,23,26H,10-11H2,(H,25,27). The number of rotatable bonds is 8. The Bertz CT molecular complexity index is 1170. The Morgan fingerprint density at radius 1 is 1.06 bits per heavy atom. The summed E-state index contributed by atoms with van der Waals surface area (Å²) in [4.78, 5) is 13.8. The largest absolute Gasteiger partial charge is 0.341 e. The summed E-state index contributed by atoms with van der Waals surface area (Å²) in [6.07, 6.45) is 4.88. The first-order valence-corrected chi connectivity index (χ1v) is 12.5. The predicted octanol–water partition coefficient (Wildman–Crippen LogP) is 4.76. The summed E-state index contributed by atoms with van der Waals surface area (Å²) in [5.74, 6) is -0.250. The number of nitrogens with one attached hydrogen (secondary N) is 2. The van der Waals surface area contributed by atoms with E-state index in [4.69, 9.17) is 11.6 Å². The third-order valence-corrected chi connectivity index (χ3v) is 7.56. The van der Waals surface area contributed by atoms with Gasteiger partial charge in [0.15, 0.2) is 0 Å². The van der Waals surface area contributed by atoms with Gasteiger partial charge in [-0.3, -0.25) is 4.79 Å². The van der Waals surface area contributed by atoms with Crippen LogP contribution >= 0.6 is 22.9 Å². The molecule has 31 heavy (non-hydrogen) atoms. The zero-order valence-corrected chi connectivity index (χ0v) is 18.9. The smallest absolute Gasteiger partial charge is 0.244 e. The molecule has 1 amide bonds. The fraction of sp³-hybridized carbons (Fsp3) is 0.174. The number of carbonyl (C=O) groups excluding carboxylic acids is 1. The Kier molecular flexibility index (Phi) is 6.57. The van der Waals surface area contributed by atoms with Crippen LogP contribution in [0.2, 0.25) is 5.02 Å². The molecule has 1 unspecified atom stereocenters. The minimum Gasteiger partial charge on any atom is -0.341 e. The number of hydrogen-bond acceptors (Lipinski definition) is 4. The Morgan fingerprint density at radius 3 is 2.39 bits per heavy atom. The van der Waals surface area contributed by atoms with E-state index in [1.807, 2.05) is 29.6 Å². The van der Waals surface area contributed by atoms with Crippen LogP contribution < -0.4 is 10.0 Å². The highest BCUT2D eigenvalue weighted by molar-refractivity contribution is 7.89.